The Morgan fingerprint density at radius 1 is 1.00 bits per heavy atom. The topological polar surface area (TPSA) is 74.7 Å². The second-order valence-electron chi connectivity index (χ2n) is 3.28. The van der Waals surface area contributed by atoms with Crippen molar-refractivity contribution in [2.75, 3.05) is 0 Å². The van der Waals surface area contributed by atoms with Crippen LogP contribution in [0.5, 0.6) is 0 Å². The summed E-state index contributed by atoms with van der Waals surface area (Å²) in [5.74, 6) is -0.269. The van der Waals surface area contributed by atoms with E-state index in [0.29, 0.717) is 0 Å². The molecule has 0 atom stereocenters. The van der Waals surface area contributed by atoms with E-state index in [1.165, 1.54) is 18.3 Å². The maximum Gasteiger partial charge on any atom is 0.289 e. The van der Waals surface area contributed by atoms with Gasteiger partial charge >= 0.3 is 0 Å². The van der Waals surface area contributed by atoms with Crippen LogP contribution >= 0.6 is 0 Å². The van der Waals surface area contributed by atoms with Crippen molar-refractivity contribution in [3.8, 4) is 0 Å². The number of aromatic amines is 1. The summed E-state index contributed by atoms with van der Waals surface area (Å²) < 4.78 is 0. The Morgan fingerprint density at radius 3 is 2.47 bits per heavy atom. The predicted octanol–water partition coefficient (Wildman–Crippen LogP) is 2.02. The zero-order valence-electron chi connectivity index (χ0n) is 8.83. The normalized spacial score (nSPS) is 12.6. The molecule has 0 radical (unpaired) electrons. The minimum Gasteiger partial charge on any atom is -0.322 e. The average molecular weight is 227 g/mol. The number of aromatic nitrogens is 1. The summed E-state index contributed by atoms with van der Waals surface area (Å²) in [5.41, 5.74) is 0.837. The molecule has 84 valence electrons. The van der Waals surface area contributed by atoms with E-state index in [1.54, 1.807) is 0 Å². The Labute approximate surface area is 96.5 Å². The van der Waals surface area contributed by atoms with Gasteiger partial charge in [0.25, 0.3) is 5.91 Å². The summed E-state index contributed by atoms with van der Waals surface area (Å²) in [6.07, 6.45) is 2.67. The molecule has 0 unspecified atom stereocenters. The smallest absolute Gasteiger partial charge is 0.289 e. The van der Waals surface area contributed by atoms with Gasteiger partial charge in [0.15, 0.2) is 0 Å². The number of carbonyl (C=O) groups is 1. The van der Waals surface area contributed by atoms with Gasteiger partial charge in [0.05, 0.1) is 6.20 Å². The zero-order valence-corrected chi connectivity index (χ0v) is 8.83. The van der Waals surface area contributed by atoms with Crippen LogP contribution in [0.15, 0.2) is 63.7 Å². The molecule has 17 heavy (non-hydrogen) atoms. The first-order chi connectivity index (χ1) is 8.25. The van der Waals surface area contributed by atoms with Crippen LogP contribution in [0.2, 0.25) is 0 Å². The maximum atomic E-state index is 10.8. The molecule has 1 amide bonds. The largest absolute Gasteiger partial charge is 0.322 e. The maximum absolute atomic E-state index is 10.8. The van der Waals surface area contributed by atoms with Crippen molar-refractivity contribution < 1.29 is 4.79 Å². The molecule has 1 aliphatic rings. The van der Waals surface area contributed by atoms with Crippen molar-refractivity contribution in [1.82, 2.24) is 4.98 Å². The van der Waals surface area contributed by atoms with Crippen LogP contribution in [-0.4, -0.2) is 10.9 Å². The van der Waals surface area contributed by atoms with Gasteiger partial charge in [-0.15, -0.1) is 5.11 Å². The molecule has 1 aromatic carbocycles. The molecule has 0 saturated carbocycles. The van der Waals surface area contributed by atoms with Gasteiger partial charge in [-0.3, -0.25) is 9.59 Å². The van der Waals surface area contributed by atoms with Crippen LogP contribution in [-0.2, 0) is 4.79 Å². The van der Waals surface area contributed by atoms with E-state index in [0.717, 1.165) is 10.9 Å². The van der Waals surface area contributed by atoms with Gasteiger partial charge in [0.1, 0.15) is 0 Å². The number of fused-ring (bicyclic) bond motifs is 1. The number of H-pyrrole nitrogens is 1. The molecular weight excluding hydrogens is 218 g/mol. The third kappa shape index (κ3) is 2.94. The second kappa shape index (κ2) is 4.98. The van der Waals surface area contributed by atoms with Crippen LogP contribution in [0.4, 0.5) is 0 Å². The van der Waals surface area contributed by atoms with E-state index in [2.05, 4.69) is 15.2 Å². The minimum atomic E-state index is -0.269. The second-order valence-corrected chi connectivity index (χ2v) is 3.28. The number of nitrogens with zero attached hydrogens (tertiary/aromatic N) is 2. The molecule has 5 nitrogen and oxygen atoms in total. The molecule has 1 N–H and O–H groups in total. The highest BCUT2D eigenvalue weighted by atomic mass is 16.1. The molecule has 2 heterocycles. The number of hydrogen-bond donors (Lipinski definition) is 1. The first-order valence-electron chi connectivity index (χ1n) is 4.95. The highest BCUT2D eigenvalue weighted by Crippen LogP contribution is 2.06. The predicted molar refractivity (Wildman–Crippen MR) is 63.6 cm³/mol. The van der Waals surface area contributed by atoms with E-state index < -0.39 is 0 Å². The summed E-state index contributed by atoms with van der Waals surface area (Å²) in [5, 5.41) is 7.43. The quantitative estimate of drug-likeness (QED) is 0.747. The Bertz CT molecular complexity index is 642. The SMILES string of the molecule is O=C1C=CN=N1.O=c1ccc2ccccc2[nH]1. The summed E-state index contributed by atoms with van der Waals surface area (Å²) in [6.45, 7) is 0. The van der Waals surface area contributed by atoms with Crippen molar-refractivity contribution in [2.45, 2.75) is 0 Å². The summed E-state index contributed by atoms with van der Waals surface area (Å²) in [6, 6.07) is 11.0. The fraction of sp³-hybridized carbons (Fsp3) is 0. The van der Waals surface area contributed by atoms with Gasteiger partial charge in [-0.1, -0.05) is 18.2 Å². The van der Waals surface area contributed by atoms with Crippen molar-refractivity contribution >= 4 is 16.8 Å². The molecule has 0 aliphatic carbocycles. The number of pyridine rings is 1. The number of para-hydroxylation sites is 1. The van der Waals surface area contributed by atoms with Gasteiger partial charge in [-0.2, -0.15) is 5.11 Å². The number of azo groups is 1. The molecule has 5 heteroatoms. The standard InChI is InChI=1S/C9H7NO.C3H2N2O/c11-9-6-5-7-3-1-2-4-8(7)10-9;6-3-1-2-4-5-3/h1-6H,(H,10,11);1-2H. The summed E-state index contributed by atoms with van der Waals surface area (Å²) in [7, 11) is 0. The number of carbonyl (C=O) groups excluding carboxylic acids is 1. The first-order valence-corrected chi connectivity index (χ1v) is 4.95. The fourth-order valence-electron chi connectivity index (χ4n) is 1.32. The number of nitrogens with one attached hydrogen (secondary N) is 1. The molecule has 3 rings (SSSR count). The van der Waals surface area contributed by atoms with Gasteiger partial charge < -0.3 is 4.98 Å². The van der Waals surface area contributed by atoms with Crippen LogP contribution < -0.4 is 5.56 Å². The zero-order chi connectivity index (χ0) is 12.1. The van der Waals surface area contributed by atoms with Crippen LogP contribution in [0.25, 0.3) is 10.9 Å². The molecule has 1 aliphatic heterocycles. The number of hydrogen-bond acceptors (Lipinski definition) is 3. The average Bonchev–Trinajstić information content (AvgIpc) is 2.81. The lowest BCUT2D eigenvalue weighted by Crippen LogP contribution is -2.01. The van der Waals surface area contributed by atoms with E-state index in [4.69, 9.17) is 0 Å². The highest BCUT2D eigenvalue weighted by molar-refractivity contribution is 5.89. The van der Waals surface area contributed by atoms with Crippen molar-refractivity contribution in [2.24, 2.45) is 10.2 Å². The number of rotatable bonds is 0. The Balaban J connectivity index is 0.000000153. The highest BCUT2D eigenvalue weighted by Gasteiger charge is 1.92. The minimum absolute atomic E-state index is 0.0521. The third-order valence-electron chi connectivity index (χ3n) is 2.07. The Morgan fingerprint density at radius 2 is 1.82 bits per heavy atom. The van der Waals surface area contributed by atoms with E-state index in [-0.39, 0.29) is 11.5 Å². The fourth-order valence-corrected chi connectivity index (χ4v) is 1.32. The third-order valence-corrected chi connectivity index (χ3v) is 2.07. The molecule has 0 spiro atoms. The van der Waals surface area contributed by atoms with Gasteiger partial charge in [0.2, 0.25) is 5.56 Å². The van der Waals surface area contributed by atoms with Crippen molar-refractivity contribution in [3.63, 3.8) is 0 Å². The summed E-state index contributed by atoms with van der Waals surface area (Å²) in [4.78, 5) is 23.5. The monoisotopic (exact) mass is 227 g/mol. The van der Waals surface area contributed by atoms with Crippen molar-refractivity contribution in [3.05, 3.63) is 59.0 Å². The Kier molecular flexibility index (Phi) is 3.20. The van der Waals surface area contributed by atoms with Gasteiger partial charge in [-0.05, 0) is 17.5 Å². The lowest BCUT2D eigenvalue weighted by molar-refractivity contribution is -0.113. The van der Waals surface area contributed by atoms with E-state index in [1.807, 2.05) is 30.3 Å². The summed E-state index contributed by atoms with van der Waals surface area (Å²) >= 11 is 0. The van der Waals surface area contributed by atoms with Gasteiger partial charge in [-0.25, -0.2) is 0 Å². The molecule has 2 aromatic rings. The lowest BCUT2D eigenvalue weighted by atomic mass is 10.2. The lowest BCUT2D eigenvalue weighted by Gasteiger charge is -1.93. The van der Waals surface area contributed by atoms with E-state index in [9.17, 15) is 9.59 Å². The number of benzene rings is 1. The van der Waals surface area contributed by atoms with Crippen LogP contribution in [0, 0.1) is 0 Å². The molecular formula is C12H9N3O2. The molecule has 0 saturated heterocycles. The van der Waals surface area contributed by atoms with Crippen LogP contribution in [0.1, 0.15) is 0 Å². The van der Waals surface area contributed by atoms with Crippen LogP contribution in [0.3, 0.4) is 0 Å². The van der Waals surface area contributed by atoms with E-state index >= 15 is 0 Å². The molecule has 1 aromatic heterocycles. The molecule has 0 fully saturated rings. The molecule has 0 bridgehead atoms. The Hall–Kier alpha value is -2.56. The number of amides is 1. The first kappa shape index (κ1) is 10.9. The van der Waals surface area contributed by atoms with Crippen molar-refractivity contribution in [1.29, 1.82) is 0 Å². The van der Waals surface area contributed by atoms with Gasteiger partial charge in [0, 0.05) is 17.7 Å².